The molecule has 0 atom stereocenters. The van der Waals surface area contributed by atoms with E-state index >= 15 is 0 Å². The van der Waals surface area contributed by atoms with Crippen LogP contribution in [0.3, 0.4) is 0 Å². The highest BCUT2D eigenvalue weighted by atomic mass is 19.1. The molecule has 4 aromatic rings. The van der Waals surface area contributed by atoms with Gasteiger partial charge in [-0.3, -0.25) is 0 Å². The molecule has 1 N–H and O–H groups in total. The first-order chi connectivity index (χ1) is 12.7. The monoisotopic (exact) mass is 343 g/mol. The maximum atomic E-state index is 13.3. The van der Waals surface area contributed by atoms with Gasteiger partial charge in [0.05, 0.1) is 12.8 Å². The molecular weight excluding hydrogens is 325 g/mol. The normalized spacial score (nSPS) is 10.7. The zero-order valence-electron chi connectivity index (χ0n) is 14.4. The molecule has 0 unspecified atom stereocenters. The van der Waals surface area contributed by atoms with Crippen LogP contribution >= 0.6 is 0 Å². The molecule has 0 saturated heterocycles. The fraction of sp³-hybridized carbons (Fsp3) is 0.0435. The van der Waals surface area contributed by atoms with Crippen molar-refractivity contribution in [1.29, 1.82) is 0 Å². The summed E-state index contributed by atoms with van der Waals surface area (Å²) in [6.07, 6.45) is 0. The molecule has 0 aliphatic carbocycles. The molecular formula is C23H18FNO. The highest BCUT2D eigenvalue weighted by Gasteiger charge is 2.13. The zero-order valence-corrected chi connectivity index (χ0v) is 14.4. The smallest absolute Gasteiger partial charge is 0.123 e. The van der Waals surface area contributed by atoms with Gasteiger partial charge in [-0.25, -0.2) is 4.39 Å². The van der Waals surface area contributed by atoms with Crippen molar-refractivity contribution in [2.75, 3.05) is 7.11 Å². The number of H-pyrrole nitrogens is 1. The Morgan fingerprint density at radius 2 is 1.38 bits per heavy atom. The first-order valence-electron chi connectivity index (χ1n) is 8.43. The molecule has 0 fully saturated rings. The van der Waals surface area contributed by atoms with E-state index in [4.69, 9.17) is 4.74 Å². The Bertz CT molecular complexity index is 1000. The fourth-order valence-corrected chi connectivity index (χ4v) is 3.07. The Kier molecular flexibility index (Phi) is 4.28. The molecule has 128 valence electrons. The van der Waals surface area contributed by atoms with Crippen LogP contribution in [0.15, 0.2) is 84.9 Å². The molecule has 0 saturated carbocycles. The first-order valence-corrected chi connectivity index (χ1v) is 8.43. The summed E-state index contributed by atoms with van der Waals surface area (Å²) >= 11 is 0. The number of aromatic amines is 1. The SMILES string of the molecule is COc1ccc(-c2cc(-c3ccc(F)cc3)c(-c3ccccc3)[nH]2)cc1. The third-order valence-electron chi connectivity index (χ3n) is 4.44. The number of aromatic nitrogens is 1. The molecule has 0 bridgehead atoms. The van der Waals surface area contributed by atoms with Crippen molar-refractivity contribution >= 4 is 0 Å². The Balaban J connectivity index is 1.85. The Hall–Kier alpha value is -3.33. The van der Waals surface area contributed by atoms with Crippen molar-refractivity contribution in [2.24, 2.45) is 0 Å². The standard InChI is InChI=1S/C23H18FNO/c1-26-20-13-9-17(10-14-20)22-15-21(16-7-11-19(24)12-8-16)23(25-22)18-5-3-2-4-6-18/h2-15,25H,1H3. The zero-order chi connectivity index (χ0) is 17.9. The summed E-state index contributed by atoms with van der Waals surface area (Å²) in [5, 5.41) is 0. The van der Waals surface area contributed by atoms with E-state index in [-0.39, 0.29) is 5.82 Å². The molecule has 0 amide bonds. The number of benzene rings is 3. The summed E-state index contributed by atoms with van der Waals surface area (Å²) in [5.74, 6) is 0.586. The molecule has 0 spiro atoms. The van der Waals surface area contributed by atoms with Crippen LogP contribution in [-0.2, 0) is 0 Å². The highest BCUT2D eigenvalue weighted by molar-refractivity contribution is 5.86. The van der Waals surface area contributed by atoms with Gasteiger partial charge in [0, 0.05) is 11.3 Å². The van der Waals surface area contributed by atoms with E-state index < -0.39 is 0 Å². The summed E-state index contributed by atoms with van der Waals surface area (Å²) in [4.78, 5) is 3.53. The van der Waals surface area contributed by atoms with E-state index in [0.717, 1.165) is 39.4 Å². The number of methoxy groups -OCH3 is 1. The lowest BCUT2D eigenvalue weighted by molar-refractivity contribution is 0.415. The molecule has 3 heteroatoms. The lowest BCUT2D eigenvalue weighted by Gasteiger charge is -2.04. The quantitative estimate of drug-likeness (QED) is 0.471. The van der Waals surface area contributed by atoms with Crippen molar-refractivity contribution in [1.82, 2.24) is 4.98 Å². The molecule has 1 heterocycles. The highest BCUT2D eigenvalue weighted by Crippen LogP contribution is 2.36. The van der Waals surface area contributed by atoms with E-state index in [1.807, 2.05) is 54.6 Å². The molecule has 0 aliphatic rings. The summed E-state index contributed by atoms with van der Waals surface area (Å²) in [6, 6.07) is 26.8. The van der Waals surface area contributed by atoms with Gasteiger partial charge in [-0.15, -0.1) is 0 Å². The van der Waals surface area contributed by atoms with Gasteiger partial charge < -0.3 is 9.72 Å². The Labute approximate surface area is 151 Å². The van der Waals surface area contributed by atoms with Gasteiger partial charge in [0.15, 0.2) is 0 Å². The third-order valence-corrected chi connectivity index (χ3v) is 4.44. The van der Waals surface area contributed by atoms with Crippen molar-refractivity contribution in [3.8, 4) is 39.4 Å². The lowest BCUT2D eigenvalue weighted by atomic mass is 10.0. The maximum Gasteiger partial charge on any atom is 0.123 e. The van der Waals surface area contributed by atoms with Gasteiger partial charge in [-0.2, -0.15) is 0 Å². The molecule has 4 rings (SSSR count). The number of nitrogens with one attached hydrogen (secondary N) is 1. The van der Waals surface area contributed by atoms with Gasteiger partial charge in [0.2, 0.25) is 0 Å². The summed E-state index contributed by atoms with van der Waals surface area (Å²) in [7, 11) is 1.66. The van der Waals surface area contributed by atoms with Crippen molar-refractivity contribution in [3.05, 3.63) is 90.7 Å². The largest absolute Gasteiger partial charge is 0.497 e. The third kappa shape index (κ3) is 3.11. The summed E-state index contributed by atoms with van der Waals surface area (Å²) < 4.78 is 18.6. The Morgan fingerprint density at radius 3 is 2.04 bits per heavy atom. The number of ether oxygens (including phenoxy) is 1. The molecule has 26 heavy (non-hydrogen) atoms. The minimum absolute atomic E-state index is 0.235. The van der Waals surface area contributed by atoms with Crippen LogP contribution in [-0.4, -0.2) is 12.1 Å². The summed E-state index contributed by atoms with van der Waals surface area (Å²) in [5.41, 5.74) is 6.19. The van der Waals surface area contributed by atoms with Crippen molar-refractivity contribution in [3.63, 3.8) is 0 Å². The van der Waals surface area contributed by atoms with Gasteiger partial charge >= 0.3 is 0 Å². The van der Waals surface area contributed by atoms with Gasteiger partial charge in [-0.05, 0) is 59.2 Å². The van der Waals surface area contributed by atoms with Gasteiger partial charge in [-0.1, -0.05) is 42.5 Å². The van der Waals surface area contributed by atoms with Crippen LogP contribution in [0.5, 0.6) is 5.75 Å². The lowest BCUT2D eigenvalue weighted by Crippen LogP contribution is -1.84. The Morgan fingerprint density at radius 1 is 0.731 bits per heavy atom. The molecule has 1 aromatic heterocycles. The van der Waals surface area contributed by atoms with Gasteiger partial charge in [0.25, 0.3) is 0 Å². The van der Waals surface area contributed by atoms with Crippen LogP contribution in [0, 0.1) is 5.82 Å². The number of rotatable bonds is 4. The van der Waals surface area contributed by atoms with E-state index in [1.54, 1.807) is 7.11 Å². The maximum absolute atomic E-state index is 13.3. The van der Waals surface area contributed by atoms with Crippen molar-refractivity contribution < 1.29 is 9.13 Å². The van der Waals surface area contributed by atoms with Crippen molar-refractivity contribution in [2.45, 2.75) is 0 Å². The van der Waals surface area contributed by atoms with Crippen LogP contribution in [0.1, 0.15) is 0 Å². The number of hydrogen-bond acceptors (Lipinski definition) is 1. The second-order valence-corrected chi connectivity index (χ2v) is 6.07. The average Bonchev–Trinajstić information content (AvgIpc) is 3.15. The minimum atomic E-state index is -0.235. The van der Waals surface area contributed by atoms with Crippen LogP contribution in [0.25, 0.3) is 33.6 Å². The van der Waals surface area contributed by atoms with Crippen LogP contribution in [0.4, 0.5) is 4.39 Å². The van der Waals surface area contributed by atoms with E-state index in [0.29, 0.717) is 0 Å². The summed E-state index contributed by atoms with van der Waals surface area (Å²) in [6.45, 7) is 0. The second kappa shape index (κ2) is 6.89. The molecule has 0 radical (unpaired) electrons. The number of hydrogen-bond donors (Lipinski definition) is 1. The minimum Gasteiger partial charge on any atom is -0.497 e. The first kappa shape index (κ1) is 16.2. The predicted molar refractivity (Wildman–Crippen MR) is 104 cm³/mol. The van der Waals surface area contributed by atoms with Crippen LogP contribution < -0.4 is 4.74 Å². The average molecular weight is 343 g/mol. The fourth-order valence-electron chi connectivity index (χ4n) is 3.07. The topological polar surface area (TPSA) is 25.0 Å². The number of halogens is 1. The van der Waals surface area contributed by atoms with Crippen LogP contribution in [0.2, 0.25) is 0 Å². The van der Waals surface area contributed by atoms with E-state index in [9.17, 15) is 4.39 Å². The molecule has 3 aromatic carbocycles. The molecule has 0 aliphatic heterocycles. The van der Waals surface area contributed by atoms with Gasteiger partial charge in [0.1, 0.15) is 11.6 Å². The molecule has 2 nitrogen and oxygen atoms in total. The van der Waals surface area contributed by atoms with E-state index in [1.165, 1.54) is 12.1 Å². The van der Waals surface area contributed by atoms with E-state index in [2.05, 4.69) is 23.2 Å². The predicted octanol–water partition coefficient (Wildman–Crippen LogP) is 6.16. The second-order valence-electron chi connectivity index (χ2n) is 6.07.